The number of aliphatic imine (C=N–C) groups is 1. The first-order valence-corrected chi connectivity index (χ1v) is 5.42. The highest BCUT2D eigenvalue weighted by Gasteiger charge is 2.20. The summed E-state index contributed by atoms with van der Waals surface area (Å²) in [6, 6.07) is 0. The average molecular weight is 212 g/mol. The van der Waals surface area contributed by atoms with Crippen LogP contribution in [0.15, 0.2) is 4.99 Å². The maximum Gasteiger partial charge on any atom is 0.176 e. The molecule has 1 fully saturated rings. The maximum atomic E-state index is 5.41. The Bertz CT molecular complexity index is 245. The second kappa shape index (κ2) is 4.23. The predicted octanol–water partition coefficient (Wildman–Crippen LogP) is -0.137. The molecule has 78 valence electrons. The van der Waals surface area contributed by atoms with Gasteiger partial charge in [-0.15, -0.1) is 0 Å². The summed E-state index contributed by atoms with van der Waals surface area (Å²) in [6.45, 7) is 6.12. The van der Waals surface area contributed by atoms with Gasteiger partial charge in [0.1, 0.15) is 0 Å². The zero-order chi connectivity index (χ0) is 9.97. The van der Waals surface area contributed by atoms with Gasteiger partial charge in [0.25, 0.3) is 0 Å². The van der Waals surface area contributed by atoms with E-state index in [4.69, 9.17) is 12.2 Å². The molecule has 0 aromatic heterocycles. The number of rotatable bonds is 0. The Morgan fingerprint density at radius 2 is 1.93 bits per heavy atom. The largest absolute Gasteiger partial charge is 0.346 e. The molecule has 2 aliphatic rings. The normalized spacial score (nSPS) is 23.2. The van der Waals surface area contributed by atoms with Gasteiger partial charge in [0.15, 0.2) is 5.11 Å². The molecule has 1 saturated heterocycles. The fourth-order valence-corrected chi connectivity index (χ4v) is 2.02. The quantitative estimate of drug-likeness (QED) is 0.521. The molecule has 0 bridgehead atoms. The molecule has 0 saturated carbocycles. The van der Waals surface area contributed by atoms with Gasteiger partial charge in [-0.1, -0.05) is 0 Å². The lowest BCUT2D eigenvalue weighted by atomic mass is 10.3. The standard InChI is InChI=1S/C9H16N4S/c1-11-4-6-12(7-5-11)9(14)13-3-2-10-8-13/h8H,2-7H2,1H3. The summed E-state index contributed by atoms with van der Waals surface area (Å²) in [7, 11) is 2.15. The van der Waals surface area contributed by atoms with Crippen LogP contribution >= 0.6 is 12.2 Å². The fraction of sp³-hybridized carbons (Fsp3) is 0.778. The highest BCUT2D eigenvalue weighted by Crippen LogP contribution is 2.05. The molecular weight excluding hydrogens is 196 g/mol. The van der Waals surface area contributed by atoms with Crippen molar-refractivity contribution in [3.8, 4) is 0 Å². The summed E-state index contributed by atoms with van der Waals surface area (Å²) in [5, 5.41) is 0.944. The minimum Gasteiger partial charge on any atom is -0.346 e. The molecule has 5 heteroatoms. The van der Waals surface area contributed by atoms with Crippen LogP contribution < -0.4 is 0 Å². The van der Waals surface area contributed by atoms with E-state index in [1.807, 2.05) is 6.34 Å². The minimum absolute atomic E-state index is 0.883. The van der Waals surface area contributed by atoms with Gasteiger partial charge in [-0.2, -0.15) is 0 Å². The summed E-state index contributed by atoms with van der Waals surface area (Å²) in [5.74, 6) is 0. The van der Waals surface area contributed by atoms with Crippen molar-refractivity contribution in [1.29, 1.82) is 0 Å². The molecule has 4 nitrogen and oxygen atoms in total. The molecule has 0 aliphatic carbocycles. The summed E-state index contributed by atoms with van der Waals surface area (Å²) in [5.41, 5.74) is 0. The van der Waals surface area contributed by atoms with Crippen molar-refractivity contribution < 1.29 is 0 Å². The van der Waals surface area contributed by atoms with E-state index in [0.717, 1.165) is 44.4 Å². The highest BCUT2D eigenvalue weighted by atomic mass is 32.1. The Morgan fingerprint density at radius 1 is 1.21 bits per heavy atom. The topological polar surface area (TPSA) is 22.1 Å². The molecule has 2 aliphatic heterocycles. The monoisotopic (exact) mass is 212 g/mol. The Labute approximate surface area is 90.2 Å². The molecule has 0 amide bonds. The van der Waals surface area contributed by atoms with Crippen LogP contribution in [0.5, 0.6) is 0 Å². The van der Waals surface area contributed by atoms with Gasteiger partial charge in [-0.3, -0.25) is 4.99 Å². The van der Waals surface area contributed by atoms with Crippen LogP contribution in [0, 0.1) is 0 Å². The molecule has 0 N–H and O–H groups in total. The van der Waals surface area contributed by atoms with Crippen LogP contribution in [0.4, 0.5) is 0 Å². The van der Waals surface area contributed by atoms with E-state index >= 15 is 0 Å². The Balaban J connectivity index is 1.88. The number of hydrogen-bond acceptors (Lipinski definition) is 3. The van der Waals surface area contributed by atoms with Crippen molar-refractivity contribution in [3.63, 3.8) is 0 Å². The zero-order valence-electron chi connectivity index (χ0n) is 8.52. The molecule has 0 spiro atoms. The minimum atomic E-state index is 0.883. The van der Waals surface area contributed by atoms with Crippen molar-refractivity contribution in [2.75, 3.05) is 46.3 Å². The van der Waals surface area contributed by atoms with E-state index in [-0.39, 0.29) is 0 Å². The molecule has 0 aromatic rings. The van der Waals surface area contributed by atoms with Crippen molar-refractivity contribution in [1.82, 2.24) is 14.7 Å². The van der Waals surface area contributed by atoms with Gasteiger partial charge in [0, 0.05) is 32.7 Å². The number of hydrogen-bond donors (Lipinski definition) is 0. The second-order valence-electron chi connectivity index (χ2n) is 3.79. The van der Waals surface area contributed by atoms with Gasteiger partial charge in [0.05, 0.1) is 12.9 Å². The van der Waals surface area contributed by atoms with Crippen molar-refractivity contribution in [3.05, 3.63) is 0 Å². The van der Waals surface area contributed by atoms with Crippen LogP contribution in [-0.4, -0.2) is 72.5 Å². The summed E-state index contributed by atoms with van der Waals surface area (Å²) < 4.78 is 0. The van der Waals surface area contributed by atoms with E-state index in [9.17, 15) is 0 Å². The third-order valence-electron chi connectivity index (χ3n) is 2.71. The van der Waals surface area contributed by atoms with E-state index in [1.165, 1.54) is 0 Å². The van der Waals surface area contributed by atoms with E-state index in [2.05, 4.69) is 26.7 Å². The van der Waals surface area contributed by atoms with Gasteiger partial charge >= 0.3 is 0 Å². The maximum absolute atomic E-state index is 5.41. The third kappa shape index (κ3) is 2.04. The number of thiocarbonyl (C=S) groups is 1. The van der Waals surface area contributed by atoms with Gasteiger partial charge in [-0.25, -0.2) is 0 Å². The fourth-order valence-electron chi connectivity index (χ4n) is 1.70. The van der Waals surface area contributed by atoms with Crippen molar-refractivity contribution in [2.24, 2.45) is 4.99 Å². The molecule has 14 heavy (non-hydrogen) atoms. The van der Waals surface area contributed by atoms with Gasteiger partial charge in [0.2, 0.25) is 0 Å². The molecule has 0 radical (unpaired) electrons. The highest BCUT2D eigenvalue weighted by molar-refractivity contribution is 7.80. The molecular formula is C9H16N4S. The summed E-state index contributed by atoms with van der Waals surface area (Å²) in [4.78, 5) is 10.8. The Hall–Kier alpha value is -0.680. The van der Waals surface area contributed by atoms with E-state index < -0.39 is 0 Å². The molecule has 0 atom stereocenters. The summed E-state index contributed by atoms with van der Waals surface area (Å²) >= 11 is 5.41. The average Bonchev–Trinajstić information content (AvgIpc) is 2.71. The SMILES string of the molecule is CN1CCN(C(=S)N2C=NCC2)CC1. The lowest BCUT2D eigenvalue weighted by Gasteiger charge is -2.36. The number of likely N-dealkylation sites (N-methyl/N-ethyl adjacent to an activating group) is 1. The lowest BCUT2D eigenvalue weighted by molar-refractivity contribution is 0.209. The van der Waals surface area contributed by atoms with Gasteiger partial charge in [-0.05, 0) is 19.3 Å². The van der Waals surface area contributed by atoms with Crippen LogP contribution in [0.3, 0.4) is 0 Å². The first-order valence-electron chi connectivity index (χ1n) is 5.01. The summed E-state index contributed by atoms with van der Waals surface area (Å²) in [6.07, 6.45) is 1.86. The lowest BCUT2D eigenvalue weighted by Crippen LogP contribution is -2.51. The van der Waals surface area contributed by atoms with Crippen LogP contribution in [-0.2, 0) is 0 Å². The Kier molecular flexibility index (Phi) is 2.98. The van der Waals surface area contributed by atoms with Crippen molar-refractivity contribution >= 4 is 23.7 Å². The zero-order valence-corrected chi connectivity index (χ0v) is 9.33. The smallest absolute Gasteiger partial charge is 0.176 e. The van der Waals surface area contributed by atoms with Crippen LogP contribution in [0.1, 0.15) is 0 Å². The molecule has 2 rings (SSSR count). The van der Waals surface area contributed by atoms with E-state index in [0.29, 0.717) is 0 Å². The Morgan fingerprint density at radius 3 is 2.50 bits per heavy atom. The van der Waals surface area contributed by atoms with Crippen molar-refractivity contribution in [2.45, 2.75) is 0 Å². The van der Waals surface area contributed by atoms with Crippen LogP contribution in [0.2, 0.25) is 0 Å². The number of piperazine rings is 1. The second-order valence-corrected chi connectivity index (χ2v) is 4.15. The number of nitrogens with zero attached hydrogens (tertiary/aromatic N) is 4. The first-order chi connectivity index (χ1) is 6.77. The predicted molar refractivity (Wildman–Crippen MR) is 61.7 cm³/mol. The molecule has 0 aromatic carbocycles. The third-order valence-corrected chi connectivity index (χ3v) is 3.20. The first kappa shape index (κ1) is 9.86. The van der Waals surface area contributed by atoms with Crippen LogP contribution in [0.25, 0.3) is 0 Å². The van der Waals surface area contributed by atoms with E-state index in [1.54, 1.807) is 0 Å². The van der Waals surface area contributed by atoms with Gasteiger partial charge < -0.3 is 14.7 Å². The molecule has 0 unspecified atom stereocenters. The molecule has 2 heterocycles.